The van der Waals surface area contributed by atoms with E-state index in [1.807, 2.05) is 16.9 Å². The summed E-state index contributed by atoms with van der Waals surface area (Å²) in [6.07, 6.45) is 4.18. The van der Waals surface area contributed by atoms with Crippen molar-refractivity contribution in [2.24, 2.45) is 5.73 Å². The Morgan fingerprint density at radius 1 is 1.58 bits per heavy atom. The highest BCUT2D eigenvalue weighted by molar-refractivity contribution is 5.20. The van der Waals surface area contributed by atoms with E-state index in [4.69, 9.17) is 5.73 Å². The maximum absolute atomic E-state index is 6.01. The van der Waals surface area contributed by atoms with Crippen LogP contribution in [0.1, 0.15) is 38.4 Å². The Labute approximate surface area is 72.6 Å². The van der Waals surface area contributed by atoms with Gasteiger partial charge in [-0.25, -0.2) is 0 Å². The molecule has 0 aliphatic heterocycles. The van der Waals surface area contributed by atoms with Gasteiger partial charge >= 0.3 is 0 Å². The molecule has 0 saturated heterocycles. The number of aromatic nitrogens is 2. The molecule has 2 N–H and O–H groups in total. The number of rotatable bonds is 2. The molecule has 0 bridgehead atoms. The van der Waals surface area contributed by atoms with Crippen molar-refractivity contribution in [2.45, 2.75) is 38.3 Å². The molecule has 1 saturated carbocycles. The standard InChI is InChI=1S/C9H15N3/c1-7(2)12-6-3-8(11-12)9(10)4-5-9/h3,6-7H,4-5,10H2,1-2H3. The van der Waals surface area contributed by atoms with Gasteiger partial charge in [0.2, 0.25) is 0 Å². The minimum absolute atomic E-state index is 0.0832. The van der Waals surface area contributed by atoms with Crippen LogP contribution in [0.3, 0.4) is 0 Å². The minimum atomic E-state index is -0.0832. The summed E-state index contributed by atoms with van der Waals surface area (Å²) in [7, 11) is 0. The van der Waals surface area contributed by atoms with Crippen LogP contribution in [-0.4, -0.2) is 9.78 Å². The van der Waals surface area contributed by atoms with Crippen molar-refractivity contribution in [1.29, 1.82) is 0 Å². The van der Waals surface area contributed by atoms with Crippen LogP contribution < -0.4 is 5.73 Å². The maximum atomic E-state index is 6.01. The quantitative estimate of drug-likeness (QED) is 0.720. The molecule has 3 nitrogen and oxygen atoms in total. The summed E-state index contributed by atoms with van der Waals surface area (Å²) < 4.78 is 1.96. The van der Waals surface area contributed by atoms with E-state index >= 15 is 0 Å². The molecule has 1 aromatic heterocycles. The molecule has 1 aliphatic rings. The third kappa shape index (κ3) is 1.14. The molecule has 0 amide bonds. The van der Waals surface area contributed by atoms with Gasteiger partial charge in [-0.05, 0) is 32.8 Å². The Bertz CT molecular complexity index is 284. The van der Waals surface area contributed by atoms with Gasteiger partial charge in [0.1, 0.15) is 0 Å². The van der Waals surface area contributed by atoms with Crippen LogP contribution in [0.4, 0.5) is 0 Å². The second-order valence-electron chi connectivity index (χ2n) is 3.93. The van der Waals surface area contributed by atoms with E-state index in [0.29, 0.717) is 6.04 Å². The lowest BCUT2D eigenvalue weighted by Crippen LogP contribution is -2.19. The summed E-state index contributed by atoms with van der Waals surface area (Å²) in [5.74, 6) is 0. The lowest BCUT2D eigenvalue weighted by Gasteiger charge is -2.06. The van der Waals surface area contributed by atoms with Crippen LogP contribution in [0.5, 0.6) is 0 Å². The van der Waals surface area contributed by atoms with Gasteiger partial charge in [0.05, 0.1) is 11.2 Å². The summed E-state index contributed by atoms with van der Waals surface area (Å²) in [4.78, 5) is 0. The Morgan fingerprint density at radius 3 is 2.67 bits per heavy atom. The Balaban J connectivity index is 2.25. The van der Waals surface area contributed by atoms with Crippen molar-refractivity contribution in [2.75, 3.05) is 0 Å². The van der Waals surface area contributed by atoms with Crippen LogP contribution in [0, 0.1) is 0 Å². The van der Waals surface area contributed by atoms with Gasteiger partial charge in [-0.15, -0.1) is 0 Å². The van der Waals surface area contributed by atoms with Crippen molar-refractivity contribution in [1.82, 2.24) is 9.78 Å². The lowest BCUT2D eigenvalue weighted by molar-refractivity contribution is 0.516. The zero-order valence-corrected chi connectivity index (χ0v) is 7.62. The molecular weight excluding hydrogens is 150 g/mol. The summed E-state index contributed by atoms with van der Waals surface area (Å²) in [6.45, 7) is 4.24. The Kier molecular flexibility index (Phi) is 1.51. The molecule has 0 spiro atoms. The first-order chi connectivity index (χ1) is 5.62. The number of hydrogen-bond donors (Lipinski definition) is 1. The van der Waals surface area contributed by atoms with E-state index in [1.165, 1.54) is 0 Å². The zero-order chi connectivity index (χ0) is 8.77. The second kappa shape index (κ2) is 2.33. The normalized spacial score (nSPS) is 20.0. The maximum Gasteiger partial charge on any atom is 0.0823 e. The fraction of sp³-hybridized carbons (Fsp3) is 0.667. The number of hydrogen-bond acceptors (Lipinski definition) is 2. The van der Waals surface area contributed by atoms with Crippen LogP contribution >= 0.6 is 0 Å². The SMILES string of the molecule is CC(C)n1ccc(C2(N)CC2)n1. The zero-order valence-electron chi connectivity index (χ0n) is 7.62. The van der Waals surface area contributed by atoms with Gasteiger partial charge in [0, 0.05) is 12.2 Å². The topological polar surface area (TPSA) is 43.8 Å². The van der Waals surface area contributed by atoms with E-state index in [0.717, 1.165) is 18.5 Å². The van der Waals surface area contributed by atoms with E-state index in [1.54, 1.807) is 0 Å². The second-order valence-corrected chi connectivity index (χ2v) is 3.93. The van der Waals surface area contributed by atoms with E-state index in [2.05, 4.69) is 18.9 Å². The van der Waals surface area contributed by atoms with E-state index < -0.39 is 0 Å². The molecule has 0 radical (unpaired) electrons. The van der Waals surface area contributed by atoms with Crippen LogP contribution in [0.2, 0.25) is 0 Å². The van der Waals surface area contributed by atoms with Crippen molar-refractivity contribution in [3.63, 3.8) is 0 Å². The highest BCUT2D eigenvalue weighted by atomic mass is 15.3. The molecule has 66 valence electrons. The molecule has 0 atom stereocenters. The summed E-state index contributed by atoms with van der Waals surface area (Å²) in [6, 6.07) is 2.47. The average molecular weight is 165 g/mol. The molecule has 0 unspecified atom stereocenters. The molecule has 1 fully saturated rings. The fourth-order valence-electron chi connectivity index (χ4n) is 1.28. The average Bonchev–Trinajstić information content (AvgIpc) is 2.61. The smallest absolute Gasteiger partial charge is 0.0823 e. The molecule has 1 aliphatic carbocycles. The third-order valence-electron chi connectivity index (χ3n) is 2.44. The van der Waals surface area contributed by atoms with Gasteiger partial charge in [-0.2, -0.15) is 5.10 Å². The first kappa shape index (κ1) is 7.80. The Hall–Kier alpha value is -0.830. The summed E-state index contributed by atoms with van der Waals surface area (Å²) in [5, 5.41) is 4.44. The van der Waals surface area contributed by atoms with Gasteiger partial charge in [0.25, 0.3) is 0 Å². The van der Waals surface area contributed by atoms with Crippen LogP contribution in [0.25, 0.3) is 0 Å². The molecular formula is C9H15N3. The lowest BCUT2D eigenvalue weighted by atomic mass is 10.2. The highest BCUT2D eigenvalue weighted by Gasteiger charge is 2.42. The van der Waals surface area contributed by atoms with Crippen molar-refractivity contribution < 1.29 is 0 Å². The first-order valence-corrected chi connectivity index (χ1v) is 4.46. The number of nitrogens with two attached hydrogens (primary N) is 1. The van der Waals surface area contributed by atoms with Crippen molar-refractivity contribution in [3.8, 4) is 0 Å². The largest absolute Gasteiger partial charge is 0.320 e. The van der Waals surface area contributed by atoms with Gasteiger partial charge < -0.3 is 5.73 Å². The molecule has 3 heteroatoms. The van der Waals surface area contributed by atoms with Gasteiger partial charge in [-0.1, -0.05) is 0 Å². The van der Waals surface area contributed by atoms with Crippen LogP contribution in [-0.2, 0) is 5.54 Å². The highest BCUT2D eigenvalue weighted by Crippen LogP contribution is 2.41. The first-order valence-electron chi connectivity index (χ1n) is 4.46. The third-order valence-corrected chi connectivity index (χ3v) is 2.44. The molecule has 1 aromatic rings. The van der Waals surface area contributed by atoms with E-state index in [-0.39, 0.29) is 5.54 Å². The fourth-order valence-corrected chi connectivity index (χ4v) is 1.28. The van der Waals surface area contributed by atoms with Gasteiger partial charge in [0.15, 0.2) is 0 Å². The molecule has 0 aromatic carbocycles. The van der Waals surface area contributed by atoms with Gasteiger partial charge in [-0.3, -0.25) is 4.68 Å². The van der Waals surface area contributed by atoms with Crippen LogP contribution in [0.15, 0.2) is 12.3 Å². The minimum Gasteiger partial charge on any atom is -0.320 e. The molecule has 1 heterocycles. The molecule has 12 heavy (non-hydrogen) atoms. The molecule has 2 rings (SSSR count). The van der Waals surface area contributed by atoms with Crippen molar-refractivity contribution >= 4 is 0 Å². The van der Waals surface area contributed by atoms with Crippen molar-refractivity contribution in [3.05, 3.63) is 18.0 Å². The van der Waals surface area contributed by atoms with E-state index in [9.17, 15) is 0 Å². The Morgan fingerprint density at radius 2 is 2.25 bits per heavy atom. The predicted octanol–water partition coefficient (Wildman–Crippen LogP) is 1.41. The monoisotopic (exact) mass is 165 g/mol. The predicted molar refractivity (Wildman–Crippen MR) is 47.7 cm³/mol. The summed E-state index contributed by atoms with van der Waals surface area (Å²) in [5.41, 5.74) is 6.97. The summed E-state index contributed by atoms with van der Waals surface area (Å²) >= 11 is 0. The number of nitrogens with zero attached hydrogens (tertiary/aromatic N) is 2.